The molecule has 0 saturated carbocycles. The number of benzene rings is 3. The normalized spacial score (nSPS) is 14.4. The van der Waals surface area contributed by atoms with Gasteiger partial charge in [0.2, 0.25) is 5.88 Å². The lowest BCUT2D eigenvalue weighted by Crippen LogP contribution is -2.21. The molecule has 1 aliphatic rings. The van der Waals surface area contributed by atoms with E-state index in [1.165, 1.54) is 0 Å². The zero-order chi connectivity index (χ0) is 27.0. The molecule has 1 aromatic heterocycles. The lowest BCUT2D eigenvalue weighted by atomic mass is 9.83. The summed E-state index contributed by atoms with van der Waals surface area (Å²) in [6.07, 6.45) is 1.66. The van der Waals surface area contributed by atoms with E-state index in [1.807, 2.05) is 24.3 Å². The molecule has 0 aliphatic carbocycles. The minimum Gasteiger partial charge on any atom is -0.490 e. The molecule has 2 heterocycles. The van der Waals surface area contributed by atoms with Crippen LogP contribution in [0, 0.1) is 11.3 Å². The largest absolute Gasteiger partial charge is 0.490 e. The highest BCUT2D eigenvalue weighted by molar-refractivity contribution is 7.21. The van der Waals surface area contributed by atoms with Crippen LogP contribution in [0.25, 0.3) is 10.1 Å². The molecule has 1 aliphatic heterocycles. The lowest BCUT2D eigenvalue weighted by Gasteiger charge is -2.26. The lowest BCUT2D eigenvalue weighted by molar-refractivity contribution is 0.0740. The summed E-state index contributed by atoms with van der Waals surface area (Å²) in [4.78, 5) is 13.2. The van der Waals surface area contributed by atoms with Gasteiger partial charge in [-0.3, -0.25) is 0 Å². The molecule has 10 heteroatoms. The number of nitrogens with two attached hydrogens (primary N) is 1. The molecule has 0 saturated heterocycles. The highest BCUT2D eigenvalue weighted by Crippen LogP contribution is 2.45. The standard InChI is InChI=1S/C28H17Cl3N2O4S/c1-2-9-35-16-5-3-14(4-6-16)23-18-8-7-17(12-21(18)37-27(33)19(23)13-32)36-28(34)26-25(31)24-20(30)10-15(29)11-22(24)38-26/h2-8,10-12,23H,1,9,33H2. The molecular formula is C28H17Cl3N2O4S. The summed E-state index contributed by atoms with van der Waals surface area (Å²) in [5.41, 5.74) is 7.89. The molecule has 5 rings (SSSR count). The van der Waals surface area contributed by atoms with E-state index in [2.05, 4.69) is 12.6 Å². The highest BCUT2D eigenvalue weighted by Gasteiger charge is 2.31. The quantitative estimate of drug-likeness (QED) is 0.141. The van der Waals surface area contributed by atoms with E-state index in [0.717, 1.165) is 16.9 Å². The van der Waals surface area contributed by atoms with Crippen LogP contribution in [0.5, 0.6) is 17.2 Å². The van der Waals surface area contributed by atoms with E-state index in [9.17, 15) is 10.1 Å². The van der Waals surface area contributed by atoms with E-state index in [0.29, 0.717) is 43.8 Å². The molecular weight excluding hydrogens is 567 g/mol. The Hall–Kier alpha value is -3.67. The molecule has 0 amide bonds. The molecule has 1 atom stereocenters. The van der Waals surface area contributed by atoms with Crippen molar-refractivity contribution in [2.75, 3.05) is 6.61 Å². The molecule has 1 unspecified atom stereocenters. The molecule has 6 nitrogen and oxygen atoms in total. The molecule has 2 N–H and O–H groups in total. The summed E-state index contributed by atoms with van der Waals surface area (Å²) in [6, 6.07) is 17.6. The molecule has 38 heavy (non-hydrogen) atoms. The van der Waals surface area contributed by atoms with Crippen molar-refractivity contribution in [1.29, 1.82) is 5.26 Å². The summed E-state index contributed by atoms with van der Waals surface area (Å²) < 4.78 is 17.6. The Labute approximate surface area is 237 Å². The maximum atomic E-state index is 13.0. The number of nitrogens with zero attached hydrogens (tertiary/aromatic N) is 1. The number of hydrogen-bond acceptors (Lipinski definition) is 7. The van der Waals surface area contributed by atoms with E-state index in [4.69, 9.17) is 54.7 Å². The van der Waals surface area contributed by atoms with Gasteiger partial charge >= 0.3 is 5.97 Å². The summed E-state index contributed by atoms with van der Waals surface area (Å²) in [7, 11) is 0. The van der Waals surface area contributed by atoms with Crippen molar-refractivity contribution in [3.63, 3.8) is 0 Å². The molecule has 3 aromatic carbocycles. The van der Waals surface area contributed by atoms with Crippen molar-refractivity contribution in [1.82, 2.24) is 0 Å². The predicted octanol–water partition coefficient (Wildman–Crippen LogP) is 7.86. The number of esters is 1. The maximum Gasteiger partial charge on any atom is 0.355 e. The van der Waals surface area contributed by atoms with Crippen molar-refractivity contribution < 1.29 is 19.0 Å². The monoisotopic (exact) mass is 582 g/mol. The summed E-state index contributed by atoms with van der Waals surface area (Å²) >= 11 is 19.9. The number of carbonyl (C=O) groups is 1. The van der Waals surface area contributed by atoms with Crippen LogP contribution in [0.2, 0.25) is 15.1 Å². The van der Waals surface area contributed by atoms with Gasteiger partial charge in [0, 0.05) is 26.7 Å². The summed E-state index contributed by atoms with van der Waals surface area (Å²) in [5.74, 6) is 0.0761. The molecule has 190 valence electrons. The number of fused-ring (bicyclic) bond motifs is 2. The van der Waals surface area contributed by atoms with Gasteiger partial charge in [-0.15, -0.1) is 11.3 Å². The first-order chi connectivity index (χ1) is 18.3. The van der Waals surface area contributed by atoms with E-state index < -0.39 is 11.9 Å². The van der Waals surface area contributed by atoms with Crippen molar-refractivity contribution in [3.8, 4) is 23.3 Å². The van der Waals surface area contributed by atoms with Crippen molar-refractivity contribution in [2.45, 2.75) is 5.92 Å². The van der Waals surface area contributed by atoms with Gasteiger partial charge in [-0.2, -0.15) is 5.26 Å². The minimum atomic E-state index is -0.660. The van der Waals surface area contributed by atoms with Crippen LogP contribution < -0.4 is 19.9 Å². The predicted molar refractivity (Wildman–Crippen MR) is 150 cm³/mol. The molecule has 0 fully saturated rings. The van der Waals surface area contributed by atoms with Crippen LogP contribution >= 0.6 is 46.1 Å². The van der Waals surface area contributed by atoms with Crippen molar-refractivity contribution in [2.24, 2.45) is 5.73 Å². The Morgan fingerprint density at radius 2 is 1.87 bits per heavy atom. The molecule has 0 spiro atoms. The van der Waals surface area contributed by atoms with Crippen LogP contribution in [0.3, 0.4) is 0 Å². The second-order valence-corrected chi connectivity index (χ2v) is 10.5. The number of hydrogen-bond donors (Lipinski definition) is 1. The first kappa shape index (κ1) is 26.0. The molecule has 4 aromatic rings. The van der Waals surface area contributed by atoms with Gasteiger partial charge in [0.15, 0.2) is 0 Å². The Morgan fingerprint density at radius 1 is 1.13 bits per heavy atom. The topological polar surface area (TPSA) is 94.6 Å². The fourth-order valence-corrected chi connectivity index (χ4v) is 6.40. The fraction of sp³-hybridized carbons (Fsp3) is 0.0714. The van der Waals surface area contributed by atoms with E-state index in [-0.39, 0.29) is 27.1 Å². The molecule has 0 radical (unpaired) electrons. The van der Waals surface area contributed by atoms with Gasteiger partial charge in [0.25, 0.3) is 0 Å². The molecule has 0 bridgehead atoms. The third-order valence-corrected chi connectivity index (χ3v) is 7.94. The van der Waals surface area contributed by atoms with Gasteiger partial charge in [0.1, 0.15) is 40.4 Å². The average molecular weight is 584 g/mol. The Balaban J connectivity index is 1.46. The minimum absolute atomic E-state index is 0.0282. The van der Waals surface area contributed by atoms with Crippen LogP contribution in [0.1, 0.15) is 26.7 Å². The number of allylic oxidation sites excluding steroid dienone is 1. The van der Waals surface area contributed by atoms with Gasteiger partial charge in [-0.25, -0.2) is 4.79 Å². The number of rotatable bonds is 6. The van der Waals surface area contributed by atoms with Crippen LogP contribution in [-0.2, 0) is 0 Å². The van der Waals surface area contributed by atoms with Crippen molar-refractivity contribution >= 4 is 62.2 Å². The number of carbonyl (C=O) groups excluding carboxylic acids is 1. The second kappa shape index (κ2) is 10.6. The first-order valence-electron chi connectivity index (χ1n) is 11.1. The van der Waals surface area contributed by atoms with Gasteiger partial charge in [-0.05, 0) is 35.9 Å². The number of nitriles is 1. The van der Waals surface area contributed by atoms with E-state index in [1.54, 1.807) is 36.4 Å². The maximum absolute atomic E-state index is 13.0. The second-order valence-electron chi connectivity index (χ2n) is 8.19. The van der Waals surface area contributed by atoms with Crippen LogP contribution in [-0.4, -0.2) is 12.6 Å². The van der Waals surface area contributed by atoms with Gasteiger partial charge in [0.05, 0.1) is 16.0 Å². The summed E-state index contributed by atoms with van der Waals surface area (Å²) in [6.45, 7) is 4.02. The van der Waals surface area contributed by atoms with Gasteiger partial charge < -0.3 is 19.9 Å². The number of halogens is 3. The first-order valence-corrected chi connectivity index (χ1v) is 13.1. The Bertz CT molecular complexity index is 1670. The van der Waals surface area contributed by atoms with Crippen LogP contribution in [0.4, 0.5) is 0 Å². The number of ether oxygens (including phenoxy) is 3. The smallest absolute Gasteiger partial charge is 0.355 e. The van der Waals surface area contributed by atoms with Crippen LogP contribution in [0.15, 0.2) is 78.7 Å². The van der Waals surface area contributed by atoms with Gasteiger partial charge in [-0.1, -0.05) is 65.7 Å². The average Bonchev–Trinajstić information content (AvgIpc) is 3.23. The third kappa shape index (κ3) is 4.80. The Kier molecular flexibility index (Phi) is 7.24. The van der Waals surface area contributed by atoms with Crippen molar-refractivity contribution in [3.05, 3.63) is 110 Å². The zero-order valence-electron chi connectivity index (χ0n) is 19.5. The Morgan fingerprint density at radius 3 is 2.58 bits per heavy atom. The van der Waals surface area contributed by atoms with E-state index >= 15 is 0 Å². The third-order valence-electron chi connectivity index (χ3n) is 5.82. The fourth-order valence-electron chi connectivity index (χ4n) is 4.15. The highest BCUT2D eigenvalue weighted by atomic mass is 35.5. The SMILES string of the molecule is C=CCOc1ccc(C2C(C#N)=C(N)Oc3cc(OC(=O)c4sc5cc(Cl)cc(Cl)c5c4Cl)ccc32)cc1. The number of thiophene rings is 1. The summed E-state index contributed by atoms with van der Waals surface area (Å²) in [5, 5.41) is 11.3. The zero-order valence-corrected chi connectivity index (χ0v) is 22.5.